The maximum atomic E-state index is 14.2. The van der Waals surface area contributed by atoms with E-state index < -0.39 is 152 Å². The van der Waals surface area contributed by atoms with E-state index in [1.54, 1.807) is 6.26 Å². The lowest BCUT2D eigenvalue weighted by Crippen LogP contribution is -2.60. The first-order valence-electron chi connectivity index (χ1n) is 26.0. The monoisotopic (exact) mass is 1170 g/mol. The molecule has 0 bridgehead atoms. The molecule has 3 rings (SSSR count). The Bertz CT molecular complexity index is 2610. The van der Waals surface area contributed by atoms with Gasteiger partial charge in [0.2, 0.25) is 41.4 Å². The van der Waals surface area contributed by atoms with Crippen molar-refractivity contribution in [2.45, 2.75) is 132 Å². The minimum Gasteiger partial charge on any atom is -0.481 e. The Kier molecular flexibility index (Phi) is 28.3. The van der Waals surface area contributed by atoms with Gasteiger partial charge >= 0.3 is 24.0 Å². The smallest absolute Gasteiger partial charge is 0.407 e. The van der Waals surface area contributed by atoms with Gasteiger partial charge in [-0.3, -0.25) is 53.1 Å². The molecule has 0 aliphatic heterocycles. The van der Waals surface area contributed by atoms with Crippen LogP contribution in [0.1, 0.15) is 94.6 Å². The highest BCUT2D eigenvalue weighted by molar-refractivity contribution is 7.98. The van der Waals surface area contributed by atoms with Crippen molar-refractivity contribution in [3.63, 3.8) is 0 Å². The number of aliphatic hydroxyl groups excluding tert-OH is 1. The van der Waals surface area contributed by atoms with Gasteiger partial charge in [0.15, 0.2) is 18.0 Å². The second kappa shape index (κ2) is 34.4. The molecule has 8 atom stereocenters. The number of carboxylic acids is 3. The number of hydrogen-bond donors (Lipinski definition) is 16. The van der Waals surface area contributed by atoms with Crippen LogP contribution in [0.2, 0.25) is 0 Å². The van der Waals surface area contributed by atoms with Gasteiger partial charge in [-0.2, -0.15) is 11.8 Å². The second-order valence-electron chi connectivity index (χ2n) is 18.9. The van der Waals surface area contributed by atoms with Crippen molar-refractivity contribution in [2.24, 2.45) is 38.7 Å². The van der Waals surface area contributed by atoms with Crippen molar-refractivity contribution < 1.29 is 77.9 Å². The number of aliphatic carboxylic acids is 3. The van der Waals surface area contributed by atoms with E-state index in [0.29, 0.717) is 0 Å². The molecule has 0 spiro atoms. The molecule has 2 aromatic carbocycles. The lowest BCUT2D eigenvalue weighted by molar-refractivity contribution is -0.145. The van der Waals surface area contributed by atoms with Gasteiger partial charge in [0, 0.05) is 38.3 Å². The fourth-order valence-corrected chi connectivity index (χ4v) is 8.94. The number of nitrogens with zero attached hydrogens (tertiary/aromatic N) is 2. The zero-order valence-electron chi connectivity index (χ0n) is 45.3. The van der Waals surface area contributed by atoms with Gasteiger partial charge in [0.1, 0.15) is 42.9 Å². The Labute approximate surface area is 475 Å². The zero-order chi connectivity index (χ0) is 61.1. The highest BCUT2D eigenvalue weighted by atomic mass is 32.2. The largest absolute Gasteiger partial charge is 0.481 e. The minimum absolute atomic E-state index is 0.0210. The molecule has 0 fully saturated rings. The molecule has 21 N–H and O–H groups in total. The molecule has 82 heavy (non-hydrogen) atoms. The minimum atomic E-state index is -1.80. The number of aliphatic hydroxyl groups is 1. The molecule has 450 valence electrons. The summed E-state index contributed by atoms with van der Waals surface area (Å²) >= 11 is 1.24. The van der Waals surface area contributed by atoms with Crippen LogP contribution in [0.5, 0.6) is 0 Å². The summed E-state index contributed by atoms with van der Waals surface area (Å²) in [6, 6.07) is 3.58. The van der Waals surface area contributed by atoms with Crippen LogP contribution in [-0.2, 0) is 52.7 Å². The lowest BCUT2D eigenvalue weighted by Gasteiger charge is -2.28. The SMILES string of the molecule is CSCC[C@H](NC(=O)[C@H](CCC(=O)O)NC(=O)[C@H](CCC(=O)O)NC(=O)OCC1c2ccccc2-c2ccccc21)C(=O)N[C@@H](CCC(N)=O)C(=O)N[C@@H](CCCN=C(N)N)C(=O)N[C@@H](CCCN=C(N)N)C(=O)N[C@H](C(=O)O)[C@@H](C)O. The summed E-state index contributed by atoms with van der Waals surface area (Å²) in [5.41, 5.74) is 30.8. The quantitative estimate of drug-likeness (QED) is 0.0184. The predicted molar refractivity (Wildman–Crippen MR) is 298 cm³/mol. The number of aliphatic imine (C=N–C) groups is 2. The van der Waals surface area contributed by atoms with E-state index in [1.807, 2.05) is 48.5 Å². The van der Waals surface area contributed by atoms with Crippen molar-refractivity contribution in [2.75, 3.05) is 31.7 Å². The topological polar surface area (TPSA) is 517 Å². The van der Waals surface area contributed by atoms with Gasteiger partial charge in [-0.25, -0.2) is 9.59 Å². The maximum Gasteiger partial charge on any atom is 0.407 e. The number of benzene rings is 2. The number of ether oxygens (including phenoxy) is 1. The fraction of sp³-hybridized carbons (Fsp3) is 0.510. The highest BCUT2D eigenvalue weighted by Crippen LogP contribution is 2.44. The lowest BCUT2D eigenvalue weighted by atomic mass is 9.98. The number of nitrogens with two attached hydrogens (primary N) is 5. The molecule has 2 aromatic rings. The van der Waals surface area contributed by atoms with E-state index in [-0.39, 0.29) is 75.4 Å². The number of nitrogens with one attached hydrogen (secondary N) is 7. The molecule has 30 nitrogen and oxygen atoms in total. The molecular formula is C51H74N14O16S. The van der Waals surface area contributed by atoms with Crippen LogP contribution in [0.25, 0.3) is 11.1 Å². The van der Waals surface area contributed by atoms with Gasteiger partial charge in [-0.1, -0.05) is 48.5 Å². The van der Waals surface area contributed by atoms with Crippen molar-refractivity contribution >= 4 is 89.0 Å². The highest BCUT2D eigenvalue weighted by Gasteiger charge is 2.36. The van der Waals surface area contributed by atoms with Crippen molar-refractivity contribution in [1.82, 2.24) is 37.2 Å². The summed E-state index contributed by atoms with van der Waals surface area (Å²) < 4.78 is 5.57. The number of alkyl carbamates (subject to hydrolysis) is 1. The third-order valence-electron chi connectivity index (χ3n) is 12.6. The molecular weight excluding hydrogens is 1100 g/mol. The number of amides is 8. The van der Waals surface area contributed by atoms with E-state index in [0.717, 1.165) is 29.2 Å². The molecule has 0 saturated carbocycles. The van der Waals surface area contributed by atoms with Gasteiger partial charge in [-0.15, -0.1) is 0 Å². The summed E-state index contributed by atoms with van der Waals surface area (Å²) in [5.74, 6) is -12.4. The van der Waals surface area contributed by atoms with Gasteiger partial charge in [0.05, 0.1) is 6.10 Å². The fourth-order valence-electron chi connectivity index (χ4n) is 8.46. The number of fused-ring (bicyclic) bond motifs is 3. The molecule has 1 aliphatic carbocycles. The summed E-state index contributed by atoms with van der Waals surface area (Å²) in [4.78, 5) is 152. The molecule has 0 radical (unpaired) electrons. The number of carbonyl (C=O) groups is 11. The molecule has 0 unspecified atom stereocenters. The number of hydrogen-bond acceptors (Lipinski definition) is 16. The zero-order valence-corrected chi connectivity index (χ0v) is 46.1. The molecule has 0 saturated heterocycles. The van der Waals surface area contributed by atoms with E-state index in [2.05, 4.69) is 47.2 Å². The number of thioether (sulfide) groups is 1. The first kappa shape index (κ1) is 67.5. The molecule has 1 aliphatic rings. The van der Waals surface area contributed by atoms with Crippen LogP contribution in [0.3, 0.4) is 0 Å². The second-order valence-corrected chi connectivity index (χ2v) is 19.9. The van der Waals surface area contributed by atoms with Crippen LogP contribution >= 0.6 is 11.8 Å². The Morgan fingerprint density at radius 1 is 0.537 bits per heavy atom. The standard InChI is InChI=1S/C51H74N14O16S/c1-26(66)41(48(78)79)65-47(77)33(14-8-23-58-50(55)56)60-42(72)32(13-7-22-57-49(53)54)59-43(73)34(15-18-38(52)67)61-46(76)37(21-24-82-2)63-44(74)35(16-19-39(68)69)62-45(75)36(17-20-40(70)71)64-51(80)81-25-31-29-11-5-3-9-27(29)28-10-4-6-12-30(28)31/h3-6,9-12,26,31-37,41,66H,7-8,13-25H2,1-2H3,(H2,52,67)(H,59,73)(H,60,72)(H,61,76)(H,62,75)(H,63,74)(H,64,80)(H,65,77)(H,68,69)(H,70,71)(H,78,79)(H4,53,54,57)(H4,55,56,58)/t26-,32+,33+,34+,35+,36+,37+,41+/m1/s1. The van der Waals surface area contributed by atoms with E-state index in [1.165, 1.54) is 11.8 Å². The number of carbonyl (C=O) groups excluding carboxylic acids is 8. The molecule has 0 aromatic heterocycles. The Hall–Kier alpha value is -8.74. The van der Waals surface area contributed by atoms with Gasteiger partial charge in [-0.05, 0) is 92.6 Å². The van der Waals surface area contributed by atoms with Crippen molar-refractivity contribution in [1.29, 1.82) is 0 Å². The Morgan fingerprint density at radius 2 is 0.902 bits per heavy atom. The summed E-state index contributed by atoms with van der Waals surface area (Å²) in [5, 5.41) is 55.5. The third-order valence-corrected chi connectivity index (χ3v) is 13.3. The average Bonchev–Trinajstić information content (AvgIpc) is 4.01. The molecule has 31 heteroatoms. The average molecular weight is 1170 g/mol. The van der Waals surface area contributed by atoms with Crippen LogP contribution in [0.4, 0.5) is 4.79 Å². The number of rotatable bonds is 37. The van der Waals surface area contributed by atoms with Crippen LogP contribution < -0.4 is 65.9 Å². The van der Waals surface area contributed by atoms with E-state index in [9.17, 15) is 73.2 Å². The van der Waals surface area contributed by atoms with Gasteiger partial charge in [0.25, 0.3) is 0 Å². The molecule has 8 amide bonds. The number of primary amides is 1. The first-order valence-corrected chi connectivity index (χ1v) is 27.4. The van der Waals surface area contributed by atoms with Crippen LogP contribution in [0, 0.1) is 0 Å². The predicted octanol–water partition coefficient (Wildman–Crippen LogP) is -2.88. The Morgan fingerprint density at radius 3 is 1.27 bits per heavy atom. The van der Waals surface area contributed by atoms with Crippen molar-refractivity contribution in [3.8, 4) is 11.1 Å². The van der Waals surface area contributed by atoms with E-state index in [4.69, 9.17) is 33.4 Å². The Balaban J connectivity index is 1.89. The number of guanidine groups is 2. The first-order chi connectivity index (χ1) is 38.8. The third kappa shape index (κ3) is 23.2. The van der Waals surface area contributed by atoms with Crippen molar-refractivity contribution in [3.05, 3.63) is 59.7 Å². The van der Waals surface area contributed by atoms with Crippen LogP contribution in [0.15, 0.2) is 58.5 Å². The van der Waals surface area contributed by atoms with E-state index >= 15 is 0 Å². The summed E-state index contributed by atoms with van der Waals surface area (Å²) in [7, 11) is 0. The molecule has 0 heterocycles. The normalized spacial score (nSPS) is 14.3. The summed E-state index contributed by atoms with van der Waals surface area (Å²) in [6.07, 6.45) is -4.91. The maximum absolute atomic E-state index is 14.2. The summed E-state index contributed by atoms with van der Waals surface area (Å²) in [6.45, 7) is 0.838. The number of carboxylic acid groups (broad SMARTS) is 3. The van der Waals surface area contributed by atoms with Crippen LogP contribution in [-0.4, -0.2) is 178 Å². The van der Waals surface area contributed by atoms with Gasteiger partial charge < -0.3 is 91.0 Å².